The normalized spacial score (nSPS) is 13.5. The fraction of sp³-hybridized carbons (Fsp3) is 0.250. The molecule has 0 spiro atoms. The molecule has 7 rings (SSSR count). The van der Waals surface area contributed by atoms with Crippen molar-refractivity contribution < 1.29 is 0 Å². The van der Waals surface area contributed by atoms with E-state index in [9.17, 15) is 9.59 Å². The summed E-state index contributed by atoms with van der Waals surface area (Å²) in [6.07, 6.45) is 4.20. The van der Waals surface area contributed by atoms with Gasteiger partial charge < -0.3 is 0 Å². The van der Waals surface area contributed by atoms with Gasteiger partial charge in [0.05, 0.1) is 10.8 Å². The molecule has 0 saturated carbocycles. The molecule has 0 aliphatic carbocycles. The lowest BCUT2D eigenvalue weighted by molar-refractivity contribution is 0.384. The Balaban J connectivity index is 1.75. The molecular weight excluding hydrogens is 670 g/mol. The summed E-state index contributed by atoms with van der Waals surface area (Å²) in [6.45, 7) is 4.81. The lowest BCUT2D eigenvalue weighted by atomic mass is 9.84. The van der Waals surface area contributed by atoms with Crippen molar-refractivity contribution in [2.24, 2.45) is 5.92 Å². The summed E-state index contributed by atoms with van der Waals surface area (Å²) in [5.74, 6) is 0.313. The number of hydrogen-bond donors (Lipinski definition) is 0. The fourth-order valence-electron chi connectivity index (χ4n) is 6.68. The molecule has 6 heteroatoms. The van der Waals surface area contributed by atoms with Gasteiger partial charge in [0, 0.05) is 30.7 Å². The molecule has 38 heavy (non-hydrogen) atoms. The monoisotopic (exact) mass is 691 g/mol. The van der Waals surface area contributed by atoms with Gasteiger partial charge in [-0.05, 0) is 67.6 Å². The van der Waals surface area contributed by atoms with Crippen molar-refractivity contribution >= 4 is 112 Å². The average molecular weight is 694 g/mol. The van der Waals surface area contributed by atoms with Gasteiger partial charge in [0.25, 0.3) is 11.1 Å². The summed E-state index contributed by atoms with van der Waals surface area (Å²) in [7, 11) is 0. The predicted molar refractivity (Wildman–Crippen MR) is 172 cm³/mol. The van der Waals surface area contributed by atoms with E-state index in [2.05, 4.69) is 92.0 Å². The molecule has 7 aromatic rings. The van der Waals surface area contributed by atoms with Crippen LogP contribution in [-0.2, 0) is 6.54 Å². The fourth-order valence-corrected chi connectivity index (χ4v) is 8.65. The Labute approximate surface area is 244 Å². The molecule has 0 fully saturated rings. The second-order valence-corrected chi connectivity index (χ2v) is 13.1. The molecule has 0 radical (unpaired) electrons. The third-order valence-corrected chi connectivity index (χ3v) is 10.5. The number of aromatic nitrogens is 1. The molecule has 1 aromatic heterocycles. The van der Waals surface area contributed by atoms with Crippen molar-refractivity contribution in [3.05, 3.63) is 76.6 Å². The molecule has 3 nitrogen and oxygen atoms in total. The Morgan fingerprint density at radius 3 is 1.79 bits per heavy atom. The van der Waals surface area contributed by atoms with Gasteiger partial charge in [-0.2, -0.15) is 0 Å². The van der Waals surface area contributed by atoms with Crippen LogP contribution in [0.25, 0.3) is 64.6 Å². The Morgan fingerprint density at radius 2 is 1.16 bits per heavy atom. The Kier molecular flexibility index (Phi) is 5.77. The largest absolute Gasteiger partial charge is 0.274 e. The molecule has 0 amide bonds. The Hall–Kier alpha value is -2.28. The zero-order valence-electron chi connectivity index (χ0n) is 21.1. The van der Waals surface area contributed by atoms with E-state index in [1.165, 1.54) is 4.57 Å². The lowest BCUT2D eigenvalue weighted by Crippen LogP contribution is -2.29. The molecule has 0 aliphatic rings. The first kappa shape index (κ1) is 24.7. The number of fused-ring (bicyclic) bond motifs is 4. The quantitative estimate of drug-likeness (QED) is 0.129. The maximum atomic E-state index is 14.1. The van der Waals surface area contributed by atoms with Crippen molar-refractivity contribution in [1.82, 2.24) is 4.57 Å². The van der Waals surface area contributed by atoms with Crippen LogP contribution in [0.15, 0.2) is 65.5 Å². The van der Waals surface area contributed by atoms with Gasteiger partial charge in [0.15, 0.2) is 0 Å². The van der Waals surface area contributed by atoms with E-state index in [0.717, 1.165) is 93.0 Å². The zero-order valence-corrected chi connectivity index (χ0v) is 25.8. The van der Waals surface area contributed by atoms with Crippen molar-refractivity contribution in [3.8, 4) is 0 Å². The molecule has 0 saturated heterocycles. The van der Waals surface area contributed by atoms with E-state index >= 15 is 0 Å². The molecule has 0 aliphatic heterocycles. The third kappa shape index (κ3) is 3.17. The first-order chi connectivity index (χ1) is 18.4. The molecule has 1 heterocycles. The SMILES string of the molecule is CCCCC(CC)Cn1c(=O)c2c3ccc4c(Br)ccc5c6c(Br)cc(Br)c7ccc(c2c1=O)c(c76)c3c45. The molecule has 6 aromatic carbocycles. The maximum Gasteiger partial charge on any atom is 0.262 e. The number of nitrogens with zero attached hydrogens (tertiary/aromatic N) is 1. The highest BCUT2D eigenvalue weighted by Crippen LogP contribution is 2.50. The minimum Gasteiger partial charge on any atom is -0.274 e. The van der Waals surface area contributed by atoms with Crippen molar-refractivity contribution in [1.29, 1.82) is 0 Å². The number of rotatable bonds is 6. The second kappa shape index (κ2) is 8.87. The minimum absolute atomic E-state index is 0.154. The van der Waals surface area contributed by atoms with E-state index < -0.39 is 0 Å². The summed E-state index contributed by atoms with van der Waals surface area (Å²) >= 11 is 11.4. The summed E-state index contributed by atoms with van der Waals surface area (Å²) in [5.41, 5.74) is -0.309. The van der Waals surface area contributed by atoms with Crippen molar-refractivity contribution in [2.75, 3.05) is 0 Å². The Morgan fingerprint density at radius 1 is 0.632 bits per heavy atom. The van der Waals surface area contributed by atoms with Crippen LogP contribution in [0, 0.1) is 5.92 Å². The predicted octanol–water partition coefficient (Wildman–Crippen LogP) is 9.94. The molecule has 0 N–H and O–H groups in total. The summed E-state index contributed by atoms with van der Waals surface area (Å²) < 4.78 is 4.54. The van der Waals surface area contributed by atoms with Crippen LogP contribution in [0.5, 0.6) is 0 Å². The molecule has 190 valence electrons. The van der Waals surface area contributed by atoms with Gasteiger partial charge in [0.1, 0.15) is 0 Å². The first-order valence-electron chi connectivity index (χ1n) is 13.2. The summed E-state index contributed by atoms with van der Waals surface area (Å²) in [6, 6.07) is 14.6. The average Bonchev–Trinajstić information content (AvgIpc) is 3.16. The van der Waals surface area contributed by atoms with E-state index in [1.807, 2.05) is 12.1 Å². The minimum atomic E-state index is -0.156. The van der Waals surface area contributed by atoms with E-state index in [1.54, 1.807) is 0 Å². The van der Waals surface area contributed by atoms with Crippen LogP contribution < -0.4 is 11.1 Å². The number of unbranched alkanes of at least 4 members (excludes halogenated alkanes) is 1. The molecule has 1 atom stereocenters. The molecule has 1 unspecified atom stereocenters. The number of hydrogen-bond acceptors (Lipinski definition) is 2. The first-order valence-corrected chi connectivity index (χ1v) is 15.6. The van der Waals surface area contributed by atoms with Gasteiger partial charge in [-0.3, -0.25) is 14.2 Å². The second-order valence-electron chi connectivity index (χ2n) is 10.5. The molecular formula is C32H24Br3NO2. The van der Waals surface area contributed by atoms with Crippen LogP contribution in [0.2, 0.25) is 0 Å². The van der Waals surface area contributed by atoms with Gasteiger partial charge in [0.2, 0.25) is 0 Å². The van der Waals surface area contributed by atoms with Gasteiger partial charge >= 0.3 is 0 Å². The van der Waals surface area contributed by atoms with Crippen molar-refractivity contribution in [2.45, 2.75) is 46.1 Å². The number of benzene rings is 6. The highest BCUT2D eigenvalue weighted by molar-refractivity contribution is 9.11. The summed E-state index contributed by atoms with van der Waals surface area (Å²) in [5, 5.41) is 11.7. The van der Waals surface area contributed by atoms with Crippen LogP contribution in [-0.4, -0.2) is 4.57 Å². The smallest absolute Gasteiger partial charge is 0.262 e. The Bertz CT molecular complexity index is 2160. The topological polar surface area (TPSA) is 39.1 Å². The lowest BCUT2D eigenvalue weighted by Gasteiger charge is -2.20. The maximum absolute atomic E-state index is 14.1. The van der Waals surface area contributed by atoms with Crippen LogP contribution in [0.4, 0.5) is 0 Å². The highest BCUT2D eigenvalue weighted by Gasteiger charge is 2.27. The zero-order chi connectivity index (χ0) is 26.5. The summed E-state index contributed by atoms with van der Waals surface area (Å²) in [4.78, 5) is 28.1. The number of halogens is 3. The van der Waals surface area contributed by atoms with Crippen LogP contribution in [0.3, 0.4) is 0 Å². The van der Waals surface area contributed by atoms with Gasteiger partial charge in [-0.25, -0.2) is 0 Å². The van der Waals surface area contributed by atoms with Gasteiger partial charge in [-0.15, -0.1) is 0 Å². The van der Waals surface area contributed by atoms with E-state index in [4.69, 9.17) is 0 Å². The van der Waals surface area contributed by atoms with Crippen LogP contribution >= 0.6 is 47.8 Å². The van der Waals surface area contributed by atoms with Crippen LogP contribution in [0.1, 0.15) is 39.5 Å². The third-order valence-electron chi connectivity index (χ3n) is 8.54. The van der Waals surface area contributed by atoms with Gasteiger partial charge in [-0.1, -0.05) is 111 Å². The molecule has 0 bridgehead atoms. The van der Waals surface area contributed by atoms with Crippen molar-refractivity contribution in [3.63, 3.8) is 0 Å². The highest BCUT2D eigenvalue weighted by atomic mass is 79.9. The van der Waals surface area contributed by atoms with E-state index in [-0.39, 0.29) is 11.1 Å². The standard InChI is InChI=1S/C32H24Br3NO2/c1-3-5-6-15(4-2)14-36-31(37)29-19-9-7-16-21(33)12-11-18-24(16)27(19)28-20(30(29)32(36)38)10-8-17-22(34)13-23(35)25(18)26(17)28/h7-13,15H,3-6,14H2,1-2H3. The van der Waals surface area contributed by atoms with E-state index in [0.29, 0.717) is 23.2 Å².